The number of aliphatic hydroxyl groups excluding tert-OH is 3. The number of rotatable bonds is 4. The molecule has 2 aromatic carbocycles. The summed E-state index contributed by atoms with van der Waals surface area (Å²) in [6.07, 6.45) is -4.36. The van der Waals surface area contributed by atoms with Gasteiger partial charge in [0.1, 0.15) is 18.3 Å². The molecule has 3 aromatic rings. The molecule has 8 heteroatoms. The summed E-state index contributed by atoms with van der Waals surface area (Å²) < 4.78 is 9.10. The first kappa shape index (κ1) is 18.0. The van der Waals surface area contributed by atoms with E-state index in [1.165, 1.54) is 4.68 Å². The maximum Gasteiger partial charge on any atom is 0.205 e. The molecule has 3 N–H and O–H groups in total. The van der Waals surface area contributed by atoms with Crippen molar-refractivity contribution in [3.63, 3.8) is 0 Å². The van der Waals surface area contributed by atoms with Gasteiger partial charge < -0.3 is 20.1 Å². The fourth-order valence-corrected chi connectivity index (χ4v) is 3.55. The molecule has 1 fully saturated rings. The quantitative estimate of drug-likeness (QED) is 0.592. The summed E-state index contributed by atoms with van der Waals surface area (Å²) in [6, 6.07) is 19.1. The molecule has 27 heavy (non-hydrogen) atoms. The minimum absolute atomic E-state index is 0.315. The molecule has 1 saturated heterocycles. The highest BCUT2D eigenvalue weighted by Gasteiger charge is 2.44. The molecule has 2 heterocycles. The summed E-state index contributed by atoms with van der Waals surface area (Å²) >= 11 is 5.63. The van der Waals surface area contributed by atoms with Crippen LogP contribution in [0.15, 0.2) is 60.7 Å². The van der Waals surface area contributed by atoms with E-state index in [0.717, 1.165) is 11.3 Å². The monoisotopic (exact) mass is 385 g/mol. The Balaban J connectivity index is 1.88. The van der Waals surface area contributed by atoms with Gasteiger partial charge in [-0.25, -0.2) is 4.68 Å². The Morgan fingerprint density at radius 1 is 0.963 bits per heavy atom. The molecular weight excluding hydrogens is 366 g/mol. The number of hydrogen-bond acceptors (Lipinski definition) is 6. The van der Waals surface area contributed by atoms with E-state index in [9.17, 15) is 15.3 Å². The van der Waals surface area contributed by atoms with E-state index in [4.69, 9.17) is 17.0 Å². The smallest absolute Gasteiger partial charge is 0.205 e. The maximum absolute atomic E-state index is 10.4. The van der Waals surface area contributed by atoms with Crippen LogP contribution in [0.1, 0.15) is 6.23 Å². The van der Waals surface area contributed by atoms with Gasteiger partial charge in [-0.05, 0) is 24.4 Å². The Labute approximate surface area is 160 Å². The highest BCUT2D eigenvalue weighted by molar-refractivity contribution is 7.71. The summed E-state index contributed by atoms with van der Waals surface area (Å²) in [6.45, 7) is -0.410. The number of aromatic nitrogens is 3. The van der Waals surface area contributed by atoms with Crippen molar-refractivity contribution in [3.8, 4) is 17.1 Å². The first-order valence-corrected chi connectivity index (χ1v) is 8.97. The zero-order chi connectivity index (χ0) is 19.0. The van der Waals surface area contributed by atoms with Crippen LogP contribution < -0.4 is 0 Å². The number of para-hydroxylation sites is 1. The highest BCUT2D eigenvalue weighted by atomic mass is 32.1. The van der Waals surface area contributed by atoms with Crippen molar-refractivity contribution in [1.29, 1.82) is 0 Å². The molecule has 0 amide bonds. The minimum Gasteiger partial charge on any atom is -0.394 e. The summed E-state index contributed by atoms with van der Waals surface area (Å²) in [5.41, 5.74) is 1.66. The van der Waals surface area contributed by atoms with E-state index in [1.54, 1.807) is 4.57 Å². The second kappa shape index (κ2) is 7.34. The molecule has 4 rings (SSSR count). The molecule has 4 atom stereocenters. The summed E-state index contributed by atoms with van der Waals surface area (Å²) in [5, 5.41) is 34.4. The third kappa shape index (κ3) is 3.11. The van der Waals surface area contributed by atoms with Gasteiger partial charge in [-0.1, -0.05) is 48.5 Å². The van der Waals surface area contributed by atoms with Gasteiger partial charge in [0.25, 0.3) is 0 Å². The van der Waals surface area contributed by atoms with E-state index in [2.05, 4.69) is 5.10 Å². The van der Waals surface area contributed by atoms with Gasteiger partial charge in [-0.2, -0.15) is 0 Å². The molecule has 0 unspecified atom stereocenters. The van der Waals surface area contributed by atoms with Gasteiger partial charge in [0.15, 0.2) is 12.1 Å². The zero-order valence-electron chi connectivity index (χ0n) is 14.3. The molecule has 0 spiro atoms. The molecule has 7 nitrogen and oxygen atoms in total. The number of aliphatic hydroxyl groups is 3. The minimum atomic E-state index is -1.25. The SMILES string of the molecule is OC[C@H]1O[C@@H](n2nc(-c3ccccc3)n(-c3ccccc3)c2=S)[C@@H](O)[C@H]1O. The molecule has 1 aromatic heterocycles. The second-order valence-electron chi connectivity index (χ2n) is 6.32. The average molecular weight is 385 g/mol. The van der Waals surface area contributed by atoms with Crippen LogP contribution in [0.25, 0.3) is 17.1 Å². The first-order valence-electron chi connectivity index (χ1n) is 8.56. The van der Waals surface area contributed by atoms with Crippen LogP contribution in [0.2, 0.25) is 0 Å². The first-order chi connectivity index (χ1) is 13.1. The molecule has 0 radical (unpaired) electrons. The molecule has 0 aliphatic carbocycles. The lowest BCUT2D eigenvalue weighted by Crippen LogP contribution is -2.33. The van der Waals surface area contributed by atoms with Crippen molar-refractivity contribution in [2.75, 3.05) is 6.61 Å². The van der Waals surface area contributed by atoms with Gasteiger partial charge in [0.05, 0.1) is 6.61 Å². The predicted octanol–water partition coefficient (Wildman–Crippen LogP) is 1.68. The lowest BCUT2D eigenvalue weighted by atomic mass is 10.1. The van der Waals surface area contributed by atoms with Crippen LogP contribution in [-0.2, 0) is 4.74 Å². The Morgan fingerprint density at radius 2 is 1.59 bits per heavy atom. The van der Waals surface area contributed by atoms with Gasteiger partial charge in [-0.15, -0.1) is 5.10 Å². The lowest BCUT2D eigenvalue weighted by molar-refractivity contribution is -0.0594. The molecule has 140 valence electrons. The Bertz CT molecular complexity index is 974. The van der Waals surface area contributed by atoms with Crippen LogP contribution in [0.5, 0.6) is 0 Å². The van der Waals surface area contributed by atoms with E-state index in [0.29, 0.717) is 10.6 Å². The topological polar surface area (TPSA) is 92.7 Å². The number of ether oxygens (including phenoxy) is 1. The van der Waals surface area contributed by atoms with Crippen molar-refractivity contribution in [2.45, 2.75) is 24.5 Å². The second-order valence-corrected chi connectivity index (χ2v) is 6.68. The molecule has 0 saturated carbocycles. The van der Waals surface area contributed by atoms with Crippen LogP contribution in [0, 0.1) is 4.77 Å². The fraction of sp³-hybridized carbons (Fsp3) is 0.263. The largest absolute Gasteiger partial charge is 0.394 e. The molecule has 1 aliphatic rings. The molecular formula is C19H19N3O4S. The Hall–Kier alpha value is -2.36. The van der Waals surface area contributed by atoms with Crippen molar-refractivity contribution in [2.24, 2.45) is 0 Å². The zero-order valence-corrected chi connectivity index (χ0v) is 15.1. The number of nitrogens with zero attached hydrogens (tertiary/aromatic N) is 3. The number of hydrogen-bond donors (Lipinski definition) is 3. The summed E-state index contributed by atoms with van der Waals surface area (Å²) in [4.78, 5) is 0. The van der Waals surface area contributed by atoms with Crippen LogP contribution in [0.4, 0.5) is 0 Å². The van der Waals surface area contributed by atoms with Crippen LogP contribution >= 0.6 is 12.2 Å². The Morgan fingerprint density at radius 3 is 2.19 bits per heavy atom. The Kier molecular flexibility index (Phi) is 4.90. The lowest BCUT2D eigenvalue weighted by Gasteiger charge is -2.14. The van der Waals surface area contributed by atoms with E-state index in [-0.39, 0.29) is 0 Å². The van der Waals surface area contributed by atoms with Gasteiger partial charge in [-0.3, -0.25) is 4.57 Å². The van der Waals surface area contributed by atoms with Gasteiger partial charge >= 0.3 is 0 Å². The summed E-state index contributed by atoms with van der Waals surface area (Å²) in [5.74, 6) is 0.588. The van der Waals surface area contributed by atoms with Gasteiger partial charge in [0.2, 0.25) is 4.77 Å². The number of benzene rings is 2. The van der Waals surface area contributed by atoms with Crippen molar-refractivity contribution >= 4 is 12.2 Å². The maximum atomic E-state index is 10.4. The predicted molar refractivity (Wildman–Crippen MR) is 101 cm³/mol. The van der Waals surface area contributed by atoms with Crippen molar-refractivity contribution in [3.05, 3.63) is 65.4 Å². The van der Waals surface area contributed by atoms with Crippen molar-refractivity contribution < 1.29 is 20.1 Å². The van der Waals surface area contributed by atoms with Crippen molar-refractivity contribution in [1.82, 2.24) is 14.3 Å². The van der Waals surface area contributed by atoms with Gasteiger partial charge in [0, 0.05) is 11.3 Å². The third-order valence-electron chi connectivity index (χ3n) is 4.61. The normalized spacial score (nSPS) is 25.0. The molecule has 0 bridgehead atoms. The van der Waals surface area contributed by atoms with E-state index in [1.807, 2.05) is 60.7 Å². The fourth-order valence-electron chi connectivity index (χ4n) is 3.21. The van der Waals surface area contributed by atoms with Crippen LogP contribution in [0.3, 0.4) is 0 Å². The standard InChI is InChI=1S/C19H19N3O4S/c23-11-14-15(24)16(25)18(26-14)22-19(27)21(13-9-5-2-6-10-13)17(20-22)12-7-3-1-4-8-12/h1-10,14-16,18,23-25H,11H2/t14-,15+,16+,18-/m1/s1. The molecule has 1 aliphatic heterocycles. The van der Waals surface area contributed by atoms with E-state index >= 15 is 0 Å². The summed E-state index contributed by atoms with van der Waals surface area (Å²) in [7, 11) is 0. The van der Waals surface area contributed by atoms with Crippen LogP contribution in [-0.4, -0.2) is 54.6 Å². The third-order valence-corrected chi connectivity index (χ3v) is 4.98. The van der Waals surface area contributed by atoms with E-state index < -0.39 is 31.1 Å². The average Bonchev–Trinajstić information content (AvgIpc) is 3.20. The highest BCUT2D eigenvalue weighted by Crippen LogP contribution is 2.31.